The number of rotatable bonds is 7. The number of aromatic carboxylic acids is 1. The van der Waals surface area contributed by atoms with Gasteiger partial charge in [0.25, 0.3) is 0 Å². The summed E-state index contributed by atoms with van der Waals surface area (Å²) in [6.45, 7) is 5.29. The van der Waals surface area contributed by atoms with Crippen LogP contribution in [0.15, 0.2) is 36.7 Å². The van der Waals surface area contributed by atoms with Gasteiger partial charge < -0.3 is 14.7 Å². The summed E-state index contributed by atoms with van der Waals surface area (Å²) in [5.41, 5.74) is 0.979. The van der Waals surface area contributed by atoms with Crippen LogP contribution in [-0.2, 0) is 0 Å². The summed E-state index contributed by atoms with van der Waals surface area (Å²) in [5.74, 6) is -0.160. The minimum atomic E-state index is -0.978. The van der Waals surface area contributed by atoms with E-state index in [0.29, 0.717) is 12.6 Å². The summed E-state index contributed by atoms with van der Waals surface area (Å²) in [4.78, 5) is 13.4. The van der Waals surface area contributed by atoms with Gasteiger partial charge in [-0.1, -0.05) is 0 Å². The van der Waals surface area contributed by atoms with Crippen LogP contribution in [0, 0.1) is 0 Å². The molecule has 1 aliphatic heterocycles. The van der Waals surface area contributed by atoms with Crippen molar-refractivity contribution >= 4 is 5.97 Å². The molecule has 1 aromatic carbocycles. The van der Waals surface area contributed by atoms with Crippen molar-refractivity contribution in [3.63, 3.8) is 0 Å². The second kappa shape index (κ2) is 7.49. The first-order valence-electron chi connectivity index (χ1n) is 8.39. The molecule has 1 aliphatic rings. The van der Waals surface area contributed by atoms with Gasteiger partial charge in [-0.25, -0.2) is 9.48 Å². The average molecular weight is 329 g/mol. The number of benzene rings is 1. The number of hydrogen-bond acceptors (Lipinski definition) is 4. The first kappa shape index (κ1) is 16.5. The van der Waals surface area contributed by atoms with Gasteiger partial charge >= 0.3 is 5.97 Å². The normalized spacial score (nSPS) is 18.0. The quantitative estimate of drug-likeness (QED) is 0.791. The first-order chi connectivity index (χ1) is 11.6. The van der Waals surface area contributed by atoms with E-state index in [9.17, 15) is 4.79 Å². The molecule has 0 unspecified atom stereocenters. The number of hydrogen-bond donors (Lipinski definition) is 1. The number of likely N-dealkylation sites (tertiary alicyclic amines) is 1. The smallest absolute Gasteiger partial charge is 0.338 e. The Labute approximate surface area is 141 Å². The predicted molar refractivity (Wildman–Crippen MR) is 90.9 cm³/mol. The van der Waals surface area contributed by atoms with Gasteiger partial charge in [0.2, 0.25) is 0 Å². The maximum atomic E-state index is 10.9. The zero-order valence-electron chi connectivity index (χ0n) is 13.9. The second-order valence-electron chi connectivity index (χ2n) is 6.20. The molecule has 1 N–H and O–H groups in total. The minimum Gasteiger partial charge on any atom is -0.494 e. The molecule has 0 bridgehead atoms. The zero-order valence-corrected chi connectivity index (χ0v) is 13.9. The maximum Gasteiger partial charge on any atom is 0.338 e. The lowest BCUT2D eigenvalue weighted by Gasteiger charge is -2.20. The molecule has 0 spiro atoms. The van der Waals surface area contributed by atoms with Gasteiger partial charge in [-0.15, -0.1) is 0 Å². The van der Waals surface area contributed by atoms with E-state index in [4.69, 9.17) is 9.84 Å². The van der Waals surface area contributed by atoms with Crippen LogP contribution in [-0.4, -0.2) is 51.5 Å². The van der Waals surface area contributed by atoms with E-state index < -0.39 is 5.97 Å². The number of aromatic nitrogens is 2. The Bertz CT molecular complexity index is 681. The molecule has 2 aromatic rings. The van der Waals surface area contributed by atoms with Crippen LogP contribution in [0.4, 0.5) is 0 Å². The molecule has 3 rings (SSSR count). The molecule has 0 radical (unpaired) electrons. The lowest BCUT2D eigenvalue weighted by Crippen LogP contribution is -2.28. The van der Waals surface area contributed by atoms with E-state index in [2.05, 4.69) is 16.9 Å². The van der Waals surface area contributed by atoms with Crippen LogP contribution < -0.4 is 4.74 Å². The van der Waals surface area contributed by atoms with Gasteiger partial charge in [0, 0.05) is 18.8 Å². The van der Waals surface area contributed by atoms with Gasteiger partial charge in [-0.05, 0) is 57.0 Å². The van der Waals surface area contributed by atoms with E-state index in [1.807, 2.05) is 24.3 Å². The fraction of sp³-hybridized carbons (Fsp3) is 0.444. The third-order valence-electron chi connectivity index (χ3n) is 4.48. The molecule has 24 heavy (non-hydrogen) atoms. The van der Waals surface area contributed by atoms with Gasteiger partial charge in [0.15, 0.2) is 0 Å². The van der Waals surface area contributed by atoms with Crippen molar-refractivity contribution in [3.05, 3.63) is 42.2 Å². The van der Waals surface area contributed by atoms with E-state index in [-0.39, 0.29) is 5.56 Å². The maximum absolute atomic E-state index is 10.9. The first-order valence-corrected chi connectivity index (χ1v) is 8.39. The highest BCUT2D eigenvalue weighted by atomic mass is 16.5. The Hall–Kier alpha value is -2.34. The topological polar surface area (TPSA) is 67.6 Å². The molecular weight excluding hydrogens is 306 g/mol. The molecule has 1 aromatic heterocycles. The fourth-order valence-electron chi connectivity index (χ4n) is 3.05. The number of carboxylic acid groups (broad SMARTS) is 1. The van der Waals surface area contributed by atoms with Crippen molar-refractivity contribution in [3.8, 4) is 11.4 Å². The van der Waals surface area contributed by atoms with Crippen LogP contribution in [0.3, 0.4) is 0 Å². The SMILES string of the molecule is C[C@H]1CCCN1CCCOc1ccc(-n2cc(C(=O)O)cn2)cc1. The Morgan fingerprint density at radius 3 is 2.79 bits per heavy atom. The summed E-state index contributed by atoms with van der Waals surface area (Å²) < 4.78 is 7.33. The zero-order chi connectivity index (χ0) is 16.9. The van der Waals surface area contributed by atoms with Gasteiger partial charge in [-0.3, -0.25) is 0 Å². The molecule has 1 fully saturated rings. The van der Waals surface area contributed by atoms with Crippen molar-refractivity contribution in [2.45, 2.75) is 32.2 Å². The molecule has 2 heterocycles. The van der Waals surface area contributed by atoms with Crippen LogP contribution in [0.5, 0.6) is 5.75 Å². The Morgan fingerprint density at radius 1 is 1.38 bits per heavy atom. The number of carbonyl (C=O) groups is 1. The summed E-state index contributed by atoms with van der Waals surface area (Å²) in [7, 11) is 0. The van der Waals surface area contributed by atoms with Crippen molar-refractivity contribution in [1.82, 2.24) is 14.7 Å². The predicted octanol–water partition coefficient (Wildman–Crippen LogP) is 2.82. The summed E-state index contributed by atoms with van der Waals surface area (Å²) >= 11 is 0. The fourth-order valence-corrected chi connectivity index (χ4v) is 3.05. The molecule has 1 atom stereocenters. The summed E-state index contributed by atoms with van der Waals surface area (Å²) in [6, 6.07) is 8.22. The standard InChI is InChI=1S/C18H23N3O3/c1-14-4-2-9-20(14)10-3-11-24-17-7-5-16(6-8-17)21-13-15(12-19-21)18(22)23/h5-8,12-14H,2-4,9-11H2,1H3,(H,22,23)/t14-/m0/s1. The highest BCUT2D eigenvalue weighted by Gasteiger charge is 2.19. The van der Waals surface area contributed by atoms with Crippen LogP contribution in [0.2, 0.25) is 0 Å². The van der Waals surface area contributed by atoms with Crippen molar-refractivity contribution in [2.75, 3.05) is 19.7 Å². The highest BCUT2D eigenvalue weighted by Crippen LogP contribution is 2.18. The molecule has 128 valence electrons. The Morgan fingerprint density at radius 2 is 2.17 bits per heavy atom. The average Bonchev–Trinajstić information content (AvgIpc) is 3.22. The van der Waals surface area contributed by atoms with Gasteiger partial charge in [0.05, 0.1) is 24.1 Å². The molecular formula is C18H23N3O3. The largest absolute Gasteiger partial charge is 0.494 e. The van der Waals surface area contributed by atoms with Crippen molar-refractivity contribution in [1.29, 1.82) is 0 Å². The Kier molecular flexibility index (Phi) is 5.15. The second-order valence-corrected chi connectivity index (χ2v) is 6.20. The number of ether oxygens (including phenoxy) is 1. The lowest BCUT2D eigenvalue weighted by molar-refractivity contribution is 0.0697. The molecule has 6 nitrogen and oxygen atoms in total. The number of nitrogens with zero attached hydrogens (tertiary/aromatic N) is 3. The third kappa shape index (κ3) is 3.94. The van der Waals surface area contributed by atoms with Crippen LogP contribution >= 0.6 is 0 Å². The van der Waals surface area contributed by atoms with Crippen molar-refractivity contribution in [2.24, 2.45) is 0 Å². The third-order valence-corrected chi connectivity index (χ3v) is 4.48. The van der Waals surface area contributed by atoms with Gasteiger partial charge in [0.1, 0.15) is 5.75 Å². The molecule has 0 saturated carbocycles. The lowest BCUT2D eigenvalue weighted by atomic mass is 10.2. The summed E-state index contributed by atoms with van der Waals surface area (Å²) in [6.07, 6.45) is 6.47. The van der Waals surface area contributed by atoms with E-state index in [1.54, 1.807) is 4.68 Å². The van der Waals surface area contributed by atoms with E-state index >= 15 is 0 Å². The molecule has 1 saturated heterocycles. The van der Waals surface area contributed by atoms with Crippen LogP contribution in [0.1, 0.15) is 36.5 Å². The molecule has 6 heteroatoms. The monoisotopic (exact) mass is 329 g/mol. The number of carboxylic acids is 1. The minimum absolute atomic E-state index is 0.173. The highest BCUT2D eigenvalue weighted by molar-refractivity contribution is 5.86. The van der Waals surface area contributed by atoms with Crippen molar-refractivity contribution < 1.29 is 14.6 Å². The Balaban J connectivity index is 1.48. The van der Waals surface area contributed by atoms with Gasteiger partial charge in [-0.2, -0.15) is 5.10 Å². The van der Waals surface area contributed by atoms with E-state index in [0.717, 1.165) is 24.4 Å². The summed E-state index contributed by atoms with van der Waals surface area (Å²) in [5, 5.41) is 13.0. The van der Waals surface area contributed by atoms with Crippen LogP contribution in [0.25, 0.3) is 5.69 Å². The molecule has 0 aliphatic carbocycles. The molecule has 0 amide bonds. The van der Waals surface area contributed by atoms with E-state index in [1.165, 1.54) is 31.8 Å².